The first-order valence-corrected chi connectivity index (χ1v) is 21.4. The van der Waals surface area contributed by atoms with Gasteiger partial charge in [-0.2, -0.15) is 0 Å². The molecule has 0 bridgehead atoms. The Labute approximate surface area is 382 Å². The third-order valence-electron chi connectivity index (χ3n) is 9.98. The van der Waals surface area contributed by atoms with E-state index < -0.39 is 120 Å². The Bertz CT molecular complexity index is 2010. The van der Waals surface area contributed by atoms with E-state index in [2.05, 4.69) is 37.2 Å². The molecule has 0 fully saturated rings. The number of phenols is 1. The summed E-state index contributed by atoms with van der Waals surface area (Å²) < 4.78 is 0. The predicted molar refractivity (Wildman–Crippen MR) is 239 cm³/mol. The maximum absolute atomic E-state index is 14.1. The summed E-state index contributed by atoms with van der Waals surface area (Å²) in [6.07, 6.45) is -1.41. The molecule has 362 valence electrons. The van der Waals surface area contributed by atoms with Crippen LogP contribution < -0.4 is 54.4 Å². The molecule has 0 aliphatic heterocycles. The highest BCUT2D eigenvalue weighted by molar-refractivity contribution is 5.97. The fourth-order valence-electron chi connectivity index (χ4n) is 6.37. The lowest BCUT2D eigenvalue weighted by atomic mass is 10.00. The number of carbonyl (C=O) groups excluding carboxylic acids is 9. The normalized spacial score (nSPS) is 14.2. The van der Waals surface area contributed by atoms with E-state index in [1.807, 2.05) is 0 Å². The summed E-state index contributed by atoms with van der Waals surface area (Å²) in [7, 11) is 0. The molecule has 0 aliphatic rings. The van der Waals surface area contributed by atoms with Crippen LogP contribution in [0.15, 0.2) is 54.6 Å². The molecule has 2 aromatic rings. The number of carbonyl (C=O) groups is 10. The predicted octanol–water partition coefficient (Wildman–Crippen LogP) is -2.13. The average Bonchev–Trinajstić information content (AvgIpc) is 3.24. The Morgan fingerprint density at radius 1 is 0.545 bits per heavy atom. The molecule has 0 saturated carbocycles. The molecule has 0 unspecified atom stereocenters. The molecular weight excluding hydrogens is 861 g/mol. The van der Waals surface area contributed by atoms with Crippen LogP contribution in [0, 0.1) is 11.8 Å². The molecule has 9 amide bonds. The molecule has 22 nitrogen and oxygen atoms in total. The molecule has 0 aliphatic carbocycles. The van der Waals surface area contributed by atoms with Crippen molar-refractivity contribution in [2.75, 3.05) is 6.54 Å². The summed E-state index contributed by atoms with van der Waals surface area (Å²) in [5, 5.41) is 37.0. The number of carboxylic acids is 1. The van der Waals surface area contributed by atoms with E-state index in [0.29, 0.717) is 11.1 Å². The minimum atomic E-state index is -1.50. The lowest BCUT2D eigenvalue weighted by Crippen LogP contribution is -2.59. The molecular formula is C44H64N10O12. The summed E-state index contributed by atoms with van der Waals surface area (Å²) in [6, 6.07) is 5.06. The number of primary amides is 2. The van der Waals surface area contributed by atoms with E-state index in [1.165, 1.54) is 31.2 Å². The van der Waals surface area contributed by atoms with Crippen molar-refractivity contribution in [1.82, 2.24) is 37.2 Å². The number of aromatic hydroxyl groups is 1. The van der Waals surface area contributed by atoms with Gasteiger partial charge in [-0.05, 0) is 61.3 Å². The zero-order valence-corrected chi connectivity index (χ0v) is 37.8. The zero-order valence-electron chi connectivity index (χ0n) is 37.8. The SMILES string of the molecule is CC(C)C[C@H](NC(=O)[C@H](CCC(N)=O)NC(=O)[C@H](C)N)C(=O)NCC(=O)N[C@@H](CCC(N)=O)C(=O)N[C@@H](Cc1ccccc1)C(=O)N[C@@H](Cc1ccc(O)cc1)C(=O)N[C@H](C(=O)O)C(C)C. The van der Waals surface area contributed by atoms with Crippen molar-refractivity contribution >= 4 is 59.1 Å². The van der Waals surface area contributed by atoms with Gasteiger partial charge in [0.25, 0.3) is 0 Å². The minimum absolute atomic E-state index is 0.0610. The van der Waals surface area contributed by atoms with E-state index in [-0.39, 0.29) is 50.2 Å². The van der Waals surface area contributed by atoms with Crippen LogP contribution in [-0.4, -0.2) is 118 Å². The van der Waals surface area contributed by atoms with Crippen molar-refractivity contribution < 1.29 is 58.2 Å². The number of amides is 9. The van der Waals surface area contributed by atoms with Crippen LogP contribution in [-0.2, 0) is 60.8 Å². The Kier molecular flexibility index (Phi) is 22.7. The van der Waals surface area contributed by atoms with Crippen molar-refractivity contribution in [3.05, 3.63) is 65.7 Å². The number of hydrogen-bond acceptors (Lipinski definition) is 12. The number of phenolic OH excluding ortho intramolecular Hbond substituents is 1. The first-order valence-electron chi connectivity index (χ1n) is 21.4. The van der Waals surface area contributed by atoms with E-state index in [4.69, 9.17) is 17.2 Å². The standard InChI is InChI=1S/C44H64N10O12/c1-23(2)19-31(51-41(62)30(16-18-35(47)57)50-38(59)25(5)45)39(60)48-22-36(58)49-29(15-17-34(46)56)40(61)52-32(20-26-9-7-6-8-10-26)42(63)53-33(21-27-11-13-28(55)14-12-27)43(64)54-37(24(3)4)44(65)66/h6-14,23-25,29-33,37,55H,15-22,45H2,1-5H3,(H2,46,56)(H2,47,57)(H,48,60)(H,49,58)(H,50,59)(H,51,62)(H,52,61)(H,53,63)(H,54,64)(H,65,66)/t25-,29-,30-,31-,32-,33-,37-/m0/s1. The van der Waals surface area contributed by atoms with Gasteiger partial charge in [-0.1, -0.05) is 70.2 Å². The van der Waals surface area contributed by atoms with Gasteiger partial charge in [0.05, 0.1) is 12.6 Å². The van der Waals surface area contributed by atoms with Crippen LogP contribution in [0.3, 0.4) is 0 Å². The van der Waals surface area contributed by atoms with Gasteiger partial charge in [0, 0.05) is 25.7 Å². The molecule has 2 rings (SSSR count). The monoisotopic (exact) mass is 924 g/mol. The Morgan fingerprint density at radius 3 is 1.44 bits per heavy atom. The summed E-state index contributed by atoms with van der Waals surface area (Å²) >= 11 is 0. The van der Waals surface area contributed by atoms with Crippen molar-refractivity contribution in [2.24, 2.45) is 29.0 Å². The van der Waals surface area contributed by atoms with E-state index >= 15 is 0 Å². The molecule has 15 N–H and O–H groups in total. The van der Waals surface area contributed by atoms with Gasteiger partial charge in [0.1, 0.15) is 42.0 Å². The van der Waals surface area contributed by atoms with Crippen molar-refractivity contribution in [3.8, 4) is 5.75 Å². The third kappa shape index (κ3) is 20.2. The van der Waals surface area contributed by atoms with Crippen LogP contribution in [0.5, 0.6) is 5.75 Å². The van der Waals surface area contributed by atoms with Crippen LogP contribution in [0.2, 0.25) is 0 Å². The van der Waals surface area contributed by atoms with Crippen LogP contribution in [0.4, 0.5) is 0 Å². The summed E-state index contributed by atoms with van der Waals surface area (Å²) in [6.45, 7) is 7.36. The van der Waals surface area contributed by atoms with Crippen molar-refractivity contribution in [3.63, 3.8) is 0 Å². The second kappa shape index (κ2) is 27.3. The third-order valence-corrected chi connectivity index (χ3v) is 9.98. The molecule has 0 spiro atoms. The van der Waals surface area contributed by atoms with Gasteiger partial charge >= 0.3 is 5.97 Å². The number of hydrogen-bond donors (Lipinski definition) is 12. The molecule has 22 heteroatoms. The molecule has 7 atom stereocenters. The number of carboxylic acid groups (broad SMARTS) is 1. The maximum Gasteiger partial charge on any atom is 0.326 e. The highest BCUT2D eigenvalue weighted by Gasteiger charge is 2.33. The quantitative estimate of drug-likeness (QED) is 0.0435. The van der Waals surface area contributed by atoms with E-state index in [0.717, 1.165) is 0 Å². The first-order chi connectivity index (χ1) is 31.0. The molecule has 2 aromatic carbocycles. The molecule has 0 saturated heterocycles. The summed E-state index contributed by atoms with van der Waals surface area (Å²) in [5.74, 6) is -9.54. The van der Waals surface area contributed by atoms with Gasteiger partial charge in [-0.25, -0.2) is 4.79 Å². The summed E-state index contributed by atoms with van der Waals surface area (Å²) in [4.78, 5) is 129. The molecule has 0 radical (unpaired) electrons. The Balaban J connectivity index is 2.35. The van der Waals surface area contributed by atoms with Gasteiger partial charge in [0.15, 0.2) is 0 Å². The highest BCUT2D eigenvalue weighted by atomic mass is 16.4. The summed E-state index contributed by atoms with van der Waals surface area (Å²) in [5.41, 5.74) is 17.3. The first kappa shape index (κ1) is 55.0. The molecule has 66 heavy (non-hydrogen) atoms. The van der Waals surface area contributed by atoms with Crippen molar-refractivity contribution in [1.29, 1.82) is 0 Å². The number of aliphatic carboxylic acids is 1. The fraction of sp³-hybridized carbons (Fsp3) is 0.500. The van der Waals surface area contributed by atoms with Gasteiger partial charge < -0.3 is 64.6 Å². The average molecular weight is 925 g/mol. The number of benzene rings is 2. The number of nitrogens with two attached hydrogens (primary N) is 3. The van der Waals surface area contributed by atoms with E-state index in [9.17, 15) is 58.2 Å². The smallest absolute Gasteiger partial charge is 0.326 e. The fourth-order valence-corrected chi connectivity index (χ4v) is 6.37. The van der Waals surface area contributed by atoms with Crippen LogP contribution in [0.25, 0.3) is 0 Å². The lowest BCUT2D eigenvalue weighted by Gasteiger charge is -2.27. The highest BCUT2D eigenvalue weighted by Crippen LogP contribution is 2.14. The second-order valence-corrected chi connectivity index (χ2v) is 16.6. The van der Waals surface area contributed by atoms with Gasteiger partial charge in [0.2, 0.25) is 53.2 Å². The Morgan fingerprint density at radius 2 is 0.985 bits per heavy atom. The van der Waals surface area contributed by atoms with Gasteiger partial charge in [-0.15, -0.1) is 0 Å². The molecule has 0 aromatic heterocycles. The maximum atomic E-state index is 14.1. The largest absolute Gasteiger partial charge is 0.508 e. The second-order valence-electron chi connectivity index (χ2n) is 16.6. The molecule has 0 heterocycles. The number of nitrogens with one attached hydrogen (secondary N) is 7. The zero-order chi connectivity index (χ0) is 49.7. The lowest BCUT2D eigenvalue weighted by molar-refractivity contribution is -0.143. The van der Waals surface area contributed by atoms with Crippen molar-refractivity contribution in [2.45, 2.75) is 122 Å². The number of rotatable bonds is 28. The van der Waals surface area contributed by atoms with Gasteiger partial charge in [-0.3, -0.25) is 43.2 Å². The Hall–Kier alpha value is -7.10. The van der Waals surface area contributed by atoms with Crippen LogP contribution in [0.1, 0.15) is 77.8 Å². The topological polar surface area (TPSA) is 373 Å². The van der Waals surface area contributed by atoms with Crippen LogP contribution >= 0.6 is 0 Å². The van der Waals surface area contributed by atoms with E-state index in [1.54, 1.807) is 58.0 Å². The minimum Gasteiger partial charge on any atom is -0.508 e.